The van der Waals surface area contributed by atoms with E-state index in [1.807, 2.05) is 37.3 Å². The summed E-state index contributed by atoms with van der Waals surface area (Å²) in [4.78, 5) is 23.0. The van der Waals surface area contributed by atoms with Gasteiger partial charge in [0, 0.05) is 0 Å². The average Bonchev–Trinajstić information content (AvgIpc) is 2.65. The summed E-state index contributed by atoms with van der Waals surface area (Å²) in [6.07, 6.45) is 1.39. The number of primary amides is 1. The van der Waals surface area contributed by atoms with E-state index < -0.39 is 5.91 Å². The maximum atomic E-state index is 12.0. The topological polar surface area (TPSA) is 105 Å². The zero-order chi connectivity index (χ0) is 18.9. The second-order valence-corrected chi connectivity index (χ2v) is 5.59. The van der Waals surface area contributed by atoms with Crippen LogP contribution in [0.25, 0.3) is 6.08 Å². The van der Waals surface area contributed by atoms with E-state index in [1.165, 1.54) is 6.08 Å². The van der Waals surface area contributed by atoms with Gasteiger partial charge in [0.1, 0.15) is 17.4 Å². The molecule has 0 saturated heterocycles. The van der Waals surface area contributed by atoms with Crippen molar-refractivity contribution in [2.24, 2.45) is 5.73 Å². The molecule has 0 bridgehead atoms. The van der Waals surface area contributed by atoms with Crippen molar-refractivity contribution in [1.82, 2.24) is 5.32 Å². The summed E-state index contributed by atoms with van der Waals surface area (Å²) < 4.78 is 5.45. The molecular formula is C20H19N3O3. The predicted octanol–water partition coefficient (Wildman–Crippen LogP) is 2.34. The fourth-order valence-electron chi connectivity index (χ4n) is 2.24. The van der Waals surface area contributed by atoms with Crippen molar-refractivity contribution in [2.75, 3.05) is 6.61 Å². The molecule has 0 aliphatic heterocycles. The minimum absolute atomic E-state index is 0.113. The Balaban J connectivity index is 1.89. The first-order chi connectivity index (χ1) is 12.5. The third kappa shape index (κ3) is 5.49. The molecule has 0 fully saturated rings. The molecule has 0 aromatic heterocycles. The van der Waals surface area contributed by atoms with Crippen LogP contribution in [0.1, 0.15) is 24.1 Å². The largest absolute Gasteiger partial charge is 0.484 e. The van der Waals surface area contributed by atoms with Gasteiger partial charge in [-0.25, -0.2) is 0 Å². The van der Waals surface area contributed by atoms with Crippen LogP contribution in [0.4, 0.5) is 0 Å². The number of ether oxygens (including phenoxy) is 1. The lowest BCUT2D eigenvalue weighted by Crippen LogP contribution is -2.31. The summed E-state index contributed by atoms with van der Waals surface area (Å²) in [6, 6.07) is 17.9. The Morgan fingerprint density at radius 2 is 1.85 bits per heavy atom. The molecule has 0 aliphatic carbocycles. The number of nitrogens with zero attached hydrogens (tertiary/aromatic N) is 1. The van der Waals surface area contributed by atoms with Gasteiger partial charge in [0.05, 0.1) is 6.04 Å². The number of nitriles is 1. The predicted molar refractivity (Wildman–Crippen MR) is 97.7 cm³/mol. The maximum absolute atomic E-state index is 12.0. The Morgan fingerprint density at radius 3 is 2.42 bits per heavy atom. The van der Waals surface area contributed by atoms with Crippen LogP contribution in [0.15, 0.2) is 60.2 Å². The lowest BCUT2D eigenvalue weighted by atomic mass is 10.1. The number of nitrogens with two attached hydrogens (primary N) is 1. The number of carbonyl (C=O) groups is 2. The first-order valence-corrected chi connectivity index (χ1v) is 7.98. The number of carbonyl (C=O) groups excluding carboxylic acids is 2. The van der Waals surface area contributed by atoms with E-state index in [-0.39, 0.29) is 24.1 Å². The number of amides is 2. The summed E-state index contributed by atoms with van der Waals surface area (Å²) in [7, 11) is 0. The SMILES string of the molecule is C[C@@H](NC(=O)COc1ccc(/C=C(\C#N)C(N)=O)cc1)c1ccccc1. The fraction of sp³-hybridized carbons (Fsp3) is 0.150. The van der Waals surface area contributed by atoms with E-state index in [1.54, 1.807) is 30.3 Å². The minimum Gasteiger partial charge on any atom is -0.484 e. The van der Waals surface area contributed by atoms with Crippen LogP contribution < -0.4 is 15.8 Å². The fourth-order valence-corrected chi connectivity index (χ4v) is 2.24. The molecule has 3 N–H and O–H groups in total. The monoisotopic (exact) mass is 349 g/mol. The number of nitrogens with one attached hydrogen (secondary N) is 1. The quantitative estimate of drug-likeness (QED) is 0.591. The molecule has 2 aromatic rings. The second kappa shape index (κ2) is 9.04. The molecule has 0 radical (unpaired) electrons. The van der Waals surface area contributed by atoms with E-state index in [2.05, 4.69) is 5.32 Å². The molecule has 6 heteroatoms. The summed E-state index contributed by atoms with van der Waals surface area (Å²) in [5.74, 6) is -0.509. The van der Waals surface area contributed by atoms with Crippen molar-refractivity contribution in [2.45, 2.75) is 13.0 Å². The molecule has 0 unspecified atom stereocenters. The number of rotatable bonds is 7. The highest BCUT2D eigenvalue weighted by Crippen LogP contribution is 2.15. The van der Waals surface area contributed by atoms with E-state index >= 15 is 0 Å². The van der Waals surface area contributed by atoms with Crippen LogP contribution in [0.5, 0.6) is 5.75 Å². The molecule has 1 atom stereocenters. The lowest BCUT2D eigenvalue weighted by molar-refractivity contribution is -0.123. The van der Waals surface area contributed by atoms with E-state index in [0.717, 1.165) is 5.56 Å². The highest BCUT2D eigenvalue weighted by Gasteiger charge is 2.10. The van der Waals surface area contributed by atoms with Gasteiger partial charge >= 0.3 is 0 Å². The Hall–Kier alpha value is -3.59. The van der Waals surface area contributed by atoms with Crippen LogP contribution in [0, 0.1) is 11.3 Å². The molecular weight excluding hydrogens is 330 g/mol. The molecule has 0 aliphatic rings. The van der Waals surface area contributed by atoms with Gasteiger partial charge in [-0.3, -0.25) is 9.59 Å². The summed E-state index contributed by atoms with van der Waals surface area (Å²) in [5, 5.41) is 11.7. The zero-order valence-electron chi connectivity index (χ0n) is 14.3. The van der Waals surface area contributed by atoms with Crippen LogP contribution in [-0.2, 0) is 9.59 Å². The molecule has 6 nitrogen and oxygen atoms in total. The second-order valence-electron chi connectivity index (χ2n) is 5.59. The lowest BCUT2D eigenvalue weighted by Gasteiger charge is -2.14. The van der Waals surface area contributed by atoms with Gasteiger partial charge < -0.3 is 15.8 Å². The first kappa shape index (κ1) is 18.7. The van der Waals surface area contributed by atoms with Crippen LogP contribution in [-0.4, -0.2) is 18.4 Å². The number of benzene rings is 2. The Bertz CT molecular complexity index is 837. The maximum Gasteiger partial charge on any atom is 0.259 e. The summed E-state index contributed by atoms with van der Waals surface area (Å²) in [6.45, 7) is 1.79. The van der Waals surface area contributed by atoms with Gasteiger partial charge in [-0.1, -0.05) is 42.5 Å². The van der Waals surface area contributed by atoms with Gasteiger partial charge in [-0.05, 0) is 36.3 Å². The molecule has 0 spiro atoms. The van der Waals surface area contributed by atoms with Crippen molar-refractivity contribution < 1.29 is 14.3 Å². The van der Waals surface area contributed by atoms with Crippen LogP contribution >= 0.6 is 0 Å². The normalized spacial score (nSPS) is 11.9. The van der Waals surface area contributed by atoms with Crippen LogP contribution in [0.2, 0.25) is 0 Å². The Kier molecular flexibility index (Phi) is 6.52. The molecule has 26 heavy (non-hydrogen) atoms. The smallest absolute Gasteiger partial charge is 0.259 e. The van der Waals surface area contributed by atoms with Crippen molar-refractivity contribution in [3.63, 3.8) is 0 Å². The molecule has 0 heterocycles. The summed E-state index contributed by atoms with van der Waals surface area (Å²) in [5.41, 5.74) is 6.61. The standard InChI is InChI=1S/C20H19N3O3/c1-14(16-5-3-2-4-6-16)23-19(24)13-26-18-9-7-15(8-10-18)11-17(12-21)20(22)25/h2-11,14H,13H2,1H3,(H2,22,25)(H,23,24)/b17-11+/t14-/m1/s1. The molecule has 2 rings (SSSR count). The molecule has 2 aromatic carbocycles. The molecule has 132 valence electrons. The van der Waals surface area contributed by atoms with Crippen molar-refractivity contribution in [3.8, 4) is 11.8 Å². The zero-order valence-corrected chi connectivity index (χ0v) is 14.3. The Morgan fingerprint density at radius 1 is 1.19 bits per heavy atom. The van der Waals surface area contributed by atoms with E-state index in [9.17, 15) is 9.59 Å². The first-order valence-electron chi connectivity index (χ1n) is 7.98. The third-order valence-electron chi connectivity index (χ3n) is 3.62. The van der Waals surface area contributed by atoms with Crippen molar-refractivity contribution in [1.29, 1.82) is 5.26 Å². The summed E-state index contributed by atoms with van der Waals surface area (Å²) >= 11 is 0. The van der Waals surface area contributed by atoms with E-state index in [0.29, 0.717) is 11.3 Å². The van der Waals surface area contributed by atoms with Crippen LogP contribution in [0.3, 0.4) is 0 Å². The number of hydrogen-bond donors (Lipinski definition) is 2. The highest BCUT2D eigenvalue weighted by molar-refractivity contribution is 6.00. The van der Waals surface area contributed by atoms with Gasteiger partial charge in [-0.15, -0.1) is 0 Å². The molecule has 2 amide bonds. The van der Waals surface area contributed by atoms with Gasteiger partial charge in [0.15, 0.2) is 6.61 Å². The minimum atomic E-state index is -0.781. The molecule has 0 saturated carbocycles. The highest BCUT2D eigenvalue weighted by atomic mass is 16.5. The number of hydrogen-bond acceptors (Lipinski definition) is 4. The average molecular weight is 349 g/mol. The van der Waals surface area contributed by atoms with Crippen molar-refractivity contribution >= 4 is 17.9 Å². The van der Waals surface area contributed by atoms with Crippen molar-refractivity contribution in [3.05, 3.63) is 71.3 Å². The van der Waals surface area contributed by atoms with Gasteiger partial charge in [0.25, 0.3) is 11.8 Å². The van der Waals surface area contributed by atoms with Gasteiger partial charge in [-0.2, -0.15) is 5.26 Å². The van der Waals surface area contributed by atoms with E-state index in [4.69, 9.17) is 15.7 Å². The Labute approximate surface area is 151 Å². The van der Waals surface area contributed by atoms with Gasteiger partial charge in [0.2, 0.25) is 0 Å². The third-order valence-corrected chi connectivity index (χ3v) is 3.62.